The largest absolute Gasteiger partial charge is 0.385 e. The lowest BCUT2D eigenvalue weighted by Crippen LogP contribution is -2.45. The molecule has 1 aliphatic rings. The first-order valence-electron chi connectivity index (χ1n) is 11.4. The Morgan fingerprint density at radius 3 is 2.67 bits per heavy atom. The van der Waals surface area contributed by atoms with Gasteiger partial charge in [0.1, 0.15) is 11.6 Å². The molecule has 0 fully saturated rings. The van der Waals surface area contributed by atoms with E-state index in [4.69, 9.17) is 10.5 Å². The van der Waals surface area contributed by atoms with Crippen LogP contribution in [0.25, 0.3) is 0 Å². The minimum Gasteiger partial charge on any atom is -0.385 e. The summed E-state index contributed by atoms with van der Waals surface area (Å²) in [5, 5.41) is 2.58. The van der Waals surface area contributed by atoms with Crippen LogP contribution in [0.1, 0.15) is 29.9 Å². The maximum absolute atomic E-state index is 13.9. The number of halogens is 1. The highest BCUT2D eigenvalue weighted by Gasteiger charge is 2.36. The standard InChI is InChI=1S/C25H26FN5O5/c1-36-11-5-10-30(24(34)18-13-20(32)28-19-12-16(26)8-9-17(18)19)21-22(27)31(25(35)29-23(21)33)14-15-6-3-2-4-7-15/h2-4,6-9,12,18H,5,10-11,13-14,27H2,1H3,(H,28,32)(H,29,33,35)/t18-/m1/s1. The van der Waals surface area contributed by atoms with Crippen LogP contribution < -0.4 is 27.2 Å². The molecule has 4 rings (SSSR count). The lowest BCUT2D eigenvalue weighted by atomic mass is 9.89. The van der Waals surface area contributed by atoms with Crippen LogP contribution in [0.2, 0.25) is 0 Å². The lowest BCUT2D eigenvalue weighted by Gasteiger charge is -2.31. The molecule has 0 unspecified atom stereocenters. The van der Waals surface area contributed by atoms with Gasteiger partial charge in [-0.25, -0.2) is 9.18 Å². The van der Waals surface area contributed by atoms with Crippen LogP contribution in [0.3, 0.4) is 0 Å². The fourth-order valence-electron chi connectivity index (χ4n) is 4.31. The summed E-state index contributed by atoms with van der Waals surface area (Å²) < 4.78 is 20.1. The normalized spacial score (nSPS) is 14.7. The van der Waals surface area contributed by atoms with Crippen molar-refractivity contribution < 1.29 is 18.7 Å². The van der Waals surface area contributed by atoms with Crippen LogP contribution in [0, 0.1) is 5.82 Å². The third-order valence-corrected chi connectivity index (χ3v) is 6.02. The van der Waals surface area contributed by atoms with E-state index in [9.17, 15) is 23.6 Å². The van der Waals surface area contributed by atoms with Gasteiger partial charge in [-0.2, -0.15) is 0 Å². The van der Waals surface area contributed by atoms with Gasteiger partial charge in [-0.1, -0.05) is 36.4 Å². The Balaban J connectivity index is 1.80. The molecule has 2 heterocycles. The second-order valence-corrected chi connectivity index (χ2v) is 8.44. The molecular formula is C25H26FN5O5. The Hall–Kier alpha value is -4.25. The molecule has 2 aromatic carbocycles. The highest BCUT2D eigenvalue weighted by atomic mass is 19.1. The Morgan fingerprint density at radius 2 is 1.94 bits per heavy atom. The molecule has 0 spiro atoms. The van der Waals surface area contributed by atoms with Gasteiger partial charge < -0.3 is 20.7 Å². The van der Waals surface area contributed by atoms with Gasteiger partial charge in [-0.3, -0.25) is 23.9 Å². The summed E-state index contributed by atoms with van der Waals surface area (Å²) in [5.41, 5.74) is 5.98. The van der Waals surface area contributed by atoms with E-state index >= 15 is 0 Å². The quantitative estimate of drug-likeness (QED) is 0.407. The Bertz CT molecular complexity index is 1400. The first-order chi connectivity index (χ1) is 17.3. The van der Waals surface area contributed by atoms with Gasteiger partial charge in [-0.15, -0.1) is 0 Å². The number of hydrogen-bond acceptors (Lipinski definition) is 6. The summed E-state index contributed by atoms with van der Waals surface area (Å²) >= 11 is 0. The molecule has 188 valence electrons. The molecule has 2 amide bonds. The number of benzene rings is 2. The number of methoxy groups -OCH3 is 1. The van der Waals surface area contributed by atoms with Gasteiger partial charge in [0, 0.05) is 32.4 Å². The number of anilines is 3. The Kier molecular flexibility index (Phi) is 7.30. The molecule has 0 saturated carbocycles. The molecule has 4 N–H and O–H groups in total. The number of fused-ring (bicyclic) bond motifs is 1. The summed E-state index contributed by atoms with van der Waals surface area (Å²) in [6.45, 7) is 0.402. The number of nitrogens with zero attached hydrogens (tertiary/aromatic N) is 2. The van der Waals surface area contributed by atoms with Crippen LogP contribution in [0.15, 0.2) is 58.1 Å². The van der Waals surface area contributed by atoms with Crippen molar-refractivity contribution in [1.29, 1.82) is 0 Å². The Morgan fingerprint density at radius 1 is 1.19 bits per heavy atom. The van der Waals surface area contributed by atoms with Crippen LogP contribution in [0.5, 0.6) is 0 Å². The zero-order valence-corrected chi connectivity index (χ0v) is 19.6. The van der Waals surface area contributed by atoms with E-state index in [1.54, 1.807) is 24.3 Å². The number of carbonyl (C=O) groups is 2. The predicted octanol–water partition coefficient (Wildman–Crippen LogP) is 1.80. The number of hydrogen-bond donors (Lipinski definition) is 3. The smallest absolute Gasteiger partial charge is 0.330 e. The number of H-pyrrole nitrogens is 1. The monoisotopic (exact) mass is 495 g/mol. The topological polar surface area (TPSA) is 140 Å². The molecule has 0 radical (unpaired) electrons. The molecular weight excluding hydrogens is 469 g/mol. The van der Waals surface area contributed by atoms with Crippen LogP contribution in [-0.4, -0.2) is 41.6 Å². The number of nitrogens with two attached hydrogens (primary N) is 1. The molecule has 3 aromatic rings. The summed E-state index contributed by atoms with van der Waals surface area (Å²) in [4.78, 5) is 55.2. The maximum atomic E-state index is 13.9. The molecule has 36 heavy (non-hydrogen) atoms. The molecule has 0 bridgehead atoms. The zero-order valence-electron chi connectivity index (χ0n) is 19.6. The van der Waals surface area contributed by atoms with Gasteiger partial charge in [0.05, 0.1) is 12.5 Å². The van der Waals surface area contributed by atoms with Crippen LogP contribution in [-0.2, 0) is 20.9 Å². The summed E-state index contributed by atoms with van der Waals surface area (Å²) in [5.74, 6) is -2.76. The predicted molar refractivity (Wildman–Crippen MR) is 133 cm³/mol. The second kappa shape index (κ2) is 10.6. The number of nitrogens with one attached hydrogen (secondary N) is 2. The van der Waals surface area contributed by atoms with Crippen LogP contribution in [0.4, 0.5) is 21.6 Å². The number of nitrogen functional groups attached to an aromatic ring is 1. The van der Waals surface area contributed by atoms with E-state index in [0.29, 0.717) is 12.0 Å². The second-order valence-electron chi connectivity index (χ2n) is 8.44. The fraction of sp³-hybridized carbons (Fsp3) is 0.280. The molecule has 11 heteroatoms. The summed E-state index contributed by atoms with van der Waals surface area (Å²) in [7, 11) is 1.50. The van der Waals surface area contributed by atoms with Gasteiger partial charge >= 0.3 is 5.69 Å². The molecule has 1 atom stereocenters. The molecule has 0 saturated heterocycles. The van der Waals surface area contributed by atoms with Crippen molar-refractivity contribution in [3.8, 4) is 0 Å². The molecule has 10 nitrogen and oxygen atoms in total. The first-order valence-corrected chi connectivity index (χ1v) is 11.4. The van der Waals surface area contributed by atoms with Crippen molar-refractivity contribution in [2.24, 2.45) is 0 Å². The van der Waals surface area contributed by atoms with Crippen molar-refractivity contribution in [3.05, 3.63) is 86.3 Å². The number of aromatic nitrogens is 2. The van der Waals surface area contributed by atoms with E-state index in [1.165, 1.54) is 28.7 Å². The molecule has 1 aliphatic heterocycles. The summed E-state index contributed by atoms with van der Waals surface area (Å²) in [6, 6.07) is 12.8. The van der Waals surface area contributed by atoms with Crippen molar-refractivity contribution in [2.45, 2.75) is 25.3 Å². The Labute approximate surface area is 205 Å². The average molecular weight is 496 g/mol. The number of amides is 2. The lowest BCUT2D eigenvalue weighted by molar-refractivity contribution is -0.124. The number of aromatic amines is 1. The SMILES string of the molecule is COCCCN(C(=O)[C@@H]1CC(=O)Nc2cc(F)ccc21)c1c(N)n(Cc2ccccc2)c(=O)[nH]c1=O. The molecule has 1 aromatic heterocycles. The van der Waals surface area contributed by atoms with E-state index in [0.717, 1.165) is 11.6 Å². The van der Waals surface area contributed by atoms with Gasteiger partial charge in [-0.05, 0) is 29.7 Å². The van der Waals surface area contributed by atoms with E-state index in [1.807, 2.05) is 6.07 Å². The summed E-state index contributed by atoms with van der Waals surface area (Å²) in [6.07, 6.45) is 0.161. The van der Waals surface area contributed by atoms with E-state index < -0.39 is 34.8 Å². The number of carbonyl (C=O) groups excluding carboxylic acids is 2. The molecule has 0 aliphatic carbocycles. The fourth-order valence-corrected chi connectivity index (χ4v) is 4.31. The van der Waals surface area contributed by atoms with Crippen molar-refractivity contribution >= 4 is 29.0 Å². The zero-order chi connectivity index (χ0) is 25.8. The van der Waals surface area contributed by atoms with Crippen molar-refractivity contribution in [2.75, 3.05) is 36.2 Å². The first kappa shape index (κ1) is 24.9. The van der Waals surface area contributed by atoms with Gasteiger partial charge in [0.15, 0.2) is 5.69 Å². The van der Waals surface area contributed by atoms with Gasteiger partial charge in [0.25, 0.3) is 5.56 Å². The highest BCUT2D eigenvalue weighted by Crippen LogP contribution is 2.35. The van der Waals surface area contributed by atoms with Crippen molar-refractivity contribution in [3.63, 3.8) is 0 Å². The highest BCUT2D eigenvalue weighted by molar-refractivity contribution is 6.06. The minimum atomic E-state index is -0.981. The van der Waals surface area contributed by atoms with Crippen LogP contribution >= 0.6 is 0 Å². The third-order valence-electron chi connectivity index (χ3n) is 6.02. The van der Waals surface area contributed by atoms with Gasteiger partial charge in [0.2, 0.25) is 11.8 Å². The maximum Gasteiger partial charge on any atom is 0.330 e. The van der Waals surface area contributed by atoms with Crippen molar-refractivity contribution in [1.82, 2.24) is 9.55 Å². The third kappa shape index (κ3) is 5.05. The van der Waals surface area contributed by atoms with E-state index in [2.05, 4.69) is 10.3 Å². The number of ether oxygens (including phenoxy) is 1. The minimum absolute atomic E-state index is 0.0398. The average Bonchev–Trinajstić information content (AvgIpc) is 2.85. The van der Waals surface area contributed by atoms with E-state index in [-0.39, 0.29) is 43.3 Å². The number of rotatable bonds is 8.